The molecule has 0 spiro atoms. The predicted molar refractivity (Wildman–Crippen MR) is 412 cm³/mol. The number of imidazole rings is 2. The monoisotopic (exact) mass is 1540 g/mol. The lowest BCUT2D eigenvalue weighted by Gasteiger charge is -2.43. The number of carbonyl (C=O) groups excluding carboxylic acids is 4. The topological polar surface area (TPSA) is 183 Å². The van der Waals surface area contributed by atoms with Crippen LogP contribution < -0.4 is 31.4 Å². The molecule has 0 aliphatic heterocycles. The van der Waals surface area contributed by atoms with Gasteiger partial charge in [0.05, 0.1) is 24.6 Å². The largest absolute Gasteiger partial charge is 0.460 e. The van der Waals surface area contributed by atoms with Crippen LogP contribution >= 0.6 is 38.5 Å². The quantitative estimate of drug-likeness (QED) is 0.0182. The highest BCUT2D eigenvalue weighted by Crippen LogP contribution is 2.38. The highest BCUT2D eigenvalue weighted by atomic mass is 127. The summed E-state index contributed by atoms with van der Waals surface area (Å²) in [4.78, 5) is 58.4. The second kappa shape index (κ2) is 36.7. The van der Waals surface area contributed by atoms with Crippen molar-refractivity contribution >= 4 is 100 Å². The summed E-state index contributed by atoms with van der Waals surface area (Å²) in [5, 5.41) is 10.9. The first kappa shape index (κ1) is 79.8. The third-order valence-corrected chi connectivity index (χ3v) is 27.7. The average molecular weight is 1550 g/mol. The molecule has 0 aliphatic rings. The van der Waals surface area contributed by atoms with E-state index >= 15 is 0 Å². The normalized spacial score (nSPS) is 12.6. The van der Waals surface area contributed by atoms with Gasteiger partial charge in [0.25, 0.3) is 16.6 Å². The molecule has 526 valence electrons. The van der Waals surface area contributed by atoms with Crippen LogP contribution in [-0.2, 0) is 47.3 Å². The van der Waals surface area contributed by atoms with Gasteiger partial charge in [0.1, 0.15) is 11.2 Å². The lowest BCUT2D eigenvalue weighted by Crippen LogP contribution is -2.66. The zero-order chi connectivity index (χ0) is 71.9. The number of carbonyl (C=O) groups is 4. The molecule has 2 heterocycles. The summed E-state index contributed by atoms with van der Waals surface area (Å²) in [5.74, 6) is -0.172. The molecule has 2 amide bonds. The number of alkyl halides is 1. The van der Waals surface area contributed by atoms with Gasteiger partial charge in [-0.1, -0.05) is 238 Å². The number of alkyl carbamates (subject to hydrolysis) is 2. The fraction of sp³-hybridized carbons (Fsp3) is 0.410. The molecule has 6 aromatic carbocycles. The summed E-state index contributed by atoms with van der Waals surface area (Å²) < 4.78 is 40.8. The van der Waals surface area contributed by atoms with Crippen LogP contribution in [0.4, 0.5) is 9.59 Å². The van der Waals surface area contributed by atoms with E-state index in [1.807, 2.05) is 141 Å². The standard InChI is InChI=1S/C39H51N3O5Si.C25H36INO3Si.C14H15BrN2O2/c1-9-42-28-34(41-35(42)36(43)45-10-2)30-23-21-29(22-24-30)27-31(40-37(44)47-38(3,4)5)25-26-46-48(39(6,7)8,32-17-13-11-14-18-32)33-19-15-12-16-20-33;1-24(2,3)30-23(28)27-20(19-26)17-18-29-31(25(4,5)6,21-13-9-7-10-14-21)22-15-11-8-12-16-22;1-3-17-9-12(10-5-7-11(15)8-6-10)16-13(17)14(18)19-4-2/h11-24,28,31H,9-10,25-27H2,1-8H3,(H,40,44);7-16,20H,17-19H2,1-6H3,(H,27,28);5-9H,3-4H2,1-2H3/t;20-;/m.1./s1. The Labute approximate surface area is 606 Å². The van der Waals surface area contributed by atoms with Crippen LogP contribution in [0.1, 0.15) is 150 Å². The molecular formula is C78H102BrIN6O10Si2. The number of aryl methyl sites for hydroxylation is 2. The molecule has 2 atom stereocenters. The number of aromatic nitrogens is 4. The summed E-state index contributed by atoms with van der Waals surface area (Å²) in [6.45, 7) is 35.2. The van der Waals surface area contributed by atoms with Crippen molar-refractivity contribution in [2.75, 3.05) is 30.9 Å². The van der Waals surface area contributed by atoms with Crippen LogP contribution in [0.15, 0.2) is 187 Å². The number of nitrogens with one attached hydrogen (secondary N) is 2. The van der Waals surface area contributed by atoms with Gasteiger partial charge in [-0.05, 0) is 137 Å². The van der Waals surface area contributed by atoms with Gasteiger partial charge >= 0.3 is 24.1 Å². The number of amides is 2. The minimum absolute atomic E-state index is 0.00587. The summed E-state index contributed by atoms with van der Waals surface area (Å²) in [6, 6.07) is 58.0. The Kier molecular flexibility index (Phi) is 29.9. The van der Waals surface area contributed by atoms with E-state index in [0.717, 1.165) is 37.7 Å². The van der Waals surface area contributed by atoms with Crippen molar-refractivity contribution in [2.24, 2.45) is 0 Å². The Morgan fingerprint density at radius 2 is 0.806 bits per heavy atom. The van der Waals surface area contributed by atoms with Gasteiger partial charge in [0, 0.05) is 70.8 Å². The van der Waals surface area contributed by atoms with E-state index in [0.29, 0.717) is 69.7 Å². The lowest BCUT2D eigenvalue weighted by atomic mass is 10.0. The average Bonchev–Trinajstić information content (AvgIpc) is 0.951. The maximum Gasteiger partial charge on any atom is 0.407 e. The highest BCUT2D eigenvalue weighted by Gasteiger charge is 2.51. The number of halogens is 2. The van der Waals surface area contributed by atoms with Crippen LogP contribution in [0.3, 0.4) is 0 Å². The number of nitrogens with zero attached hydrogens (tertiary/aromatic N) is 4. The van der Waals surface area contributed by atoms with Crippen LogP contribution in [0.2, 0.25) is 10.1 Å². The zero-order valence-corrected chi connectivity index (χ0v) is 65.9. The summed E-state index contributed by atoms with van der Waals surface area (Å²) >= 11 is 5.70. The maximum atomic E-state index is 13.0. The van der Waals surface area contributed by atoms with E-state index < -0.39 is 39.9 Å². The smallest absolute Gasteiger partial charge is 0.407 e. The van der Waals surface area contributed by atoms with Crippen LogP contribution in [-0.4, -0.2) is 114 Å². The molecule has 1 unspecified atom stereocenters. The first-order chi connectivity index (χ1) is 46.4. The Bertz CT molecular complexity index is 3680. The van der Waals surface area contributed by atoms with Crippen molar-refractivity contribution < 1.29 is 47.0 Å². The van der Waals surface area contributed by atoms with E-state index in [1.54, 1.807) is 23.0 Å². The fourth-order valence-electron chi connectivity index (χ4n) is 11.6. The van der Waals surface area contributed by atoms with Crippen molar-refractivity contribution in [1.29, 1.82) is 0 Å². The van der Waals surface area contributed by atoms with E-state index in [2.05, 4.69) is 198 Å². The van der Waals surface area contributed by atoms with Crippen molar-refractivity contribution in [1.82, 2.24) is 29.7 Å². The molecule has 0 fully saturated rings. The molecule has 0 bridgehead atoms. The number of benzene rings is 6. The van der Waals surface area contributed by atoms with Gasteiger partial charge in [-0.3, -0.25) is 0 Å². The Morgan fingerprint density at radius 3 is 1.11 bits per heavy atom. The summed E-state index contributed by atoms with van der Waals surface area (Å²) in [6.07, 6.45) is 4.82. The van der Waals surface area contributed by atoms with Crippen molar-refractivity contribution in [3.63, 3.8) is 0 Å². The summed E-state index contributed by atoms with van der Waals surface area (Å²) in [5.41, 5.74) is 3.26. The zero-order valence-electron chi connectivity index (χ0n) is 60.2. The molecule has 0 aliphatic carbocycles. The van der Waals surface area contributed by atoms with E-state index in [4.69, 9.17) is 27.8 Å². The van der Waals surface area contributed by atoms with Gasteiger partial charge in [0.2, 0.25) is 11.6 Å². The maximum absolute atomic E-state index is 13.0. The third-order valence-electron chi connectivity index (χ3n) is 16.1. The molecule has 20 heteroatoms. The summed E-state index contributed by atoms with van der Waals surface area (Å²) in [7, 11) is -5.29. The van der Waals surface area contributed by atoms with Crippen LogP contribution in [0.5, 0.6) is 0 Å². The van der Waals surface area contributed by atoms with Gasteiger partial charge in [-0.2, -0.15) is 0 Å². The number of hydrogen-bond acceptors (Lipinski definition) is 12. The van der Waals surface area contributed by atoms with Gasteiger partial charge in [-0.25, -0.2) is 29.1 Å². The number of hydrogen-bond donors (Lipinski definition) is 2. The SMILES string of the molecule is CC(C)(C)OC(=O)N[C@@H](CI)CCO[Si](c1ccccc1)(c1ccccc1)C(C)(C)C.CCOC(=O)c1nc(-c2ccc(Br)cc2)cn1CC.CCOC(=O)c1nc(-c2ccc(CC(CCO[Si](c3ccccc3)(c3ccccc3)C(C)(C)C)NC(=O)OC(C)(C)C)cc2)cn1CC. The number of esters is 2. The second-order valence-corrected chi connectivity index (χ2v) is 38.2. The first-order valence-corrected chi connectivity index (χ1v) is 39.9. The molecule has 0 radical (unpaired) electrons. The van der Waals surface area contributed by atoms with Gasteiger partial charge in [-0.15, -0.1) is 0 Å². The molecule has 2 aromatic heterocycles. The molecule has 8 rings (SSSR count). The highest BCUT2D eigenvalue weighted by molar-refractivity contribution is 14.1. The van der Waals surface area contributed by atoms with Crippen molar-refractivity contribution in [3.05, 3.63) is 204 Å². The molecule has 0 saturated carbocycles. The molecule has 2 N–H and O–H groups in total. The molecule has 8 aromatic rings. The second-order valence-electron chi connectivity index (χ2n) is 27.8. The Morgan fingerprint density at radius 1 is 0.480 bits per heavy atom. The van der Waals surface area contributed by atoms with Gasteiger partial charge in [0.15, 0.2) is 0 Å². The predicted octanol–water partition coefficient (Wildman–Crippen LogP) is 15.9. The fourth-order valence-corrected chi connectivity index (χ4v) is 21.7. The number of ether oxygens (including phenoxy) is 4. The van der Waals surface area contributed by atoms with E-state index in [-0.39, 0.29) is 34.2 Å². The third kappa shape index (κ3) is 22.4. The minimum Gasteiger partial charge on any atom is -0.460 e. The van der Waals surface area contributed by atoms with Crippen LogP contribution in [0, 0.1) is 0 Å². The lowest BCUT2D eigenvalue weighted by molar-refractivity contribution is 0.0487. The van der Waals surface area contributed by atoms with Crippen LogP contribution in [0.25, 0.3) is 22.5 Å². The van der Waals surface area contributed by atoms with Crippen molar-refractivity contribution in [2.45, 2.75) is 176 Å². The molecule has 0 saturated heterocycles. The van der Waals surface area contributed by atoms with Crippen molar-refractivity contribution in [3.8, 4) is 22.5 Å². The van der Waals surface area contributed by atoms with E-state index in [9.17, 15) is 19.2 Å². The first-order valence-electron chi connectivity index (χ1n) is 33.8. The van der Waals surface area contributed by atoms with Gasteiger partial charge < -0.3 is 47.6 Å². The minimum atomic E-state index is -2.74. The number of rotatable bonds is 25. The van der Waals surface area contributed by atoms with E-state index in [1.165, 1.54) is 20.7 Å². The Hall–Kier alpha value is -7.22. The molecular weight excluding hydrogens is 1440 g/mol. The molecule has 98 heavy (non-hydrogen) atoms. The molecule has 16 nitrogen and oxygen atoms in total. The Balaban J connectivity index is 0.000000258.